The smallest absolute Gasteiger partial charge is 0.202 e. The van der Waals surface area contributed by atoms with E-state index in [0.717, 1.165) is 11.4 Å². The fourth-order valence-electron chi connectivity index (χ4n) is 5.06. The van der Waals surface area contributed by atoms with Crippen LogP contribution in [-0.2, 0) is 0 Å². The van der Waals surface area contributed by atoms with E-state index in [2.05, 4.69) is 66.7 Å². The summed E-state index contributed by atoms with van der Waals surface area (Å²) >= 11 is 0. The van der Waals surface area contributed by atoms with Crippen molar-refractivity contribution in [2.75, 3.05) is 23.9 Å². The number of anilines is 2. The molecule has 0 aliphatic heterocycles. The van der Waals surface area contributed by atoms with Crippen LogP contribution in [0.1, 0.15) is 54.7 Å². The minimum atomic E-state index is 0.465. The summed E-state index contributed by atoms with van der Waals surface area (Å²) in [5, 5.41) is 11.3. The van der Waals surface area contributed by atoms with Crippen LogP contribution in [0.25, 0.3) is 22.9 Å². The standard InChI is InChI=1S/C27H29N3/c1-29(23-16-13-20(14-17-23)19-7-4-3-5-8-19)27(28)30(2)25-18-15-22-12-11-21-9-6-10-24(25)26(21)22/h6,9-19,28H,3-5,7-8H2,1-2H3. The summed E-state index contributed by atoms with van der Waals surface area (Å²) in [6.45, 7) is 0. The maximum atomic E-state index is 8.86. The summed E-state index contributed by atoms with van der Waals surface area (Å²) in [4.78, 5) is 3.95. The zero-order valence-electron chi connectivity index (χ0n) is 17.9. The molecule has 3 aromatic carbocycles. The van der Waals surface area contributed by atoms with Gasteiger partial charge in [-0.2, -0.15) is 0 Å². The Kier molecular flexibility index (Phi) is 4.82. The number of rotatable bonds is 3. The molecular weight excluding hydrogens is 366 g/mol. The minimum absolute atomic E-state index is 0.465. The Morgan fingerprint density at radius 1 is 0.800 bits per heavy atom. The molecule has 0 amide bonds. The van der Waals surface area contributed by atoms with Crippen molar-refractivity contribution in [1.82, 2.24) is 0 Å². The van der Waals surface area contributed by atoms with E-state index in [9.17, 15) is 0 Å². The Bertz CT molecular complexity index is 1110. The average Bonchev–Trinajstić information content (AvgIpc) is 3.23. The van der Waals surface area contributed by atoms with Crippen LogP contribution in [0, 0.1) is 5.41 Å². The van der Waals surface area contributed by atoms with Crippen molar-refractivity contribution in [1.29, 1.82) is 5.41 Å². The zero-order valence-corrected chi connectivity index (χ0v) is 17.9. The molecule has 0 heterocycles. The van der Waals surface area contributed by atoms with Gasteiger partial charge in [0, 0.05) is 25.2 Å². The molecule has 1 fully saturated rings. The number of nitrogens with one attached hydrogen (secondary N) is 1. The fraction of sp³-hybridized carbons (Fsp3) is 0.296. The van der Waals surface area contributed by atoms with Crippen LogP contribution >= 0.6 is 0 Å². The lowest BCUT2D eigenvalue weighted by molar-refractivity contribution is 0.443. The Morgan fingerprint density at radius 3 is 2.23 bits per heavy atom. The number of guanidine groups is 1. The lowest BCUT2D eigenvalue weighted by Crippen LogP contribution is -2.39. The molecule has 2 aliphatic carbocycles. The summed E-state index contributed by atoms with van der Waals surface area (Å²) in [5.41, 5.74) is 6.09. The van der Waals surface area contributed by atoms with Gasteiger partial charge in [0.15, 0.2) is 0 Å². The molecule has 30 heavy (non-hydrogen) atoms. The largest absolute Gasteiger partial charge is 0.316 e. The van der Waals surface area contributed by atoms with E-state index >= 15 is 0 Å². The fourth-order valence-corrected chi connectivity index (χ4v) is 5.06. The Hall–Kier alpha value is -3.07. The van der Waals surface area contributed by atoms with Gasteiger partial charge in [0.05, 0.1) is 5.69 Å². The van der Waals surface area contributed by atoms with Crippen molar-refractivity contribution >= 4 is 40.3 Å². The highest BCUT2D eigenvalue weighted by molar-refractivity contribution is 6.14. The molecule has 0 bridgehead atoms. The number of hydrogen-bond acceptors (Lipinski definition) is 1. The predicted molar refractivity (Wildman–Crippen MR) is 130 cm³/mol. The van der Waals surface area contributed by atoms with Gasteiger partial charge in [0.2, 0.25) is 5.96 Å². The topological polar surface area (TPSA) is 30.3 Å². The number of benzene rings is 3. The van der Waals surface area contributed by atoms with Crippen LogP contribution in [0.5, 0.6) is 0 Å². The summed E-state index contributed by atoms with van der Waals surface area (Å²) < 4.78 is 0. The second-order valence-corrected chi connectivity index (χ2v) is 8.65. The molecule has 0 aromatic heterocycles. The third kappa shape index (κ3) is 3.19. The summed E-state index contributed by atoms with van der Waals surface area (Å²) in [7, 11) is 3.97. The molecule has 0 spiro atoms. The van der Waals surface area contributed by atoms with E-state index in [1.165, 1.54) is 59.6 Å². The molecule has 5 rings (SSSR count). The minimum Gasteiger partial charge on any atom is -0.316 e. The first kappa shape index (κ1) is 18.9. The van der Waals surface area contributed by atoms with Gasteiger partial charge in [-0.05, 0) is 59.0 Å². The molecule has 152 valence electrons. The Morgan fingerprint density at radius 2 is 1.50 bits per heavy atom. The molecular formula is C27H29N3. The predicted octanol–water partition coefficient (Wildman–Crippen LogP) is 6.88. The highest BCUT2D eigenvalue weighted by Crippen LogP contribution is 2.37. The number of hydrogen-bond donors (Lipinski definition) is 1. The summed E-state index contributed by atoms with van der Waals surface area (Å²) in [5.74, 6) is 1.18. The highest BCUT2D eigenvalue weighted by Gasteiger charge is 2.20. The molecule has 2 aliphatic rings. The van der Waals surface area contributed by atoms with Crippen molar-refractivity contribution in [3.05, 3.63) is 71.3 Å². The molecule has 0 radical (unpaired) electrons. The number of nitrogens with zero attached hydrogens (tertiary/aromatic N) is 2. The first-order valence-electron chi connectivity index (χ1n) is 11.0. The van der Waals surface area contributed by atoms with Crippen molar-refractivity contribution in [2.24, 2.45) is 0 Å². The Balaban J connectivity index is 1.39. The van der Waals surface area contributed by atoms with Crippen LogP contribution in [0.4, 0.5) is 11.4 Å². The second-order valence-electron chi connectivity index (χ2n) is 8.65. The van der Waals surface area contributed by atoms with Crippen molar-refractivity contribution in [3.8, 4) is 0 Å². The SMILES string of the molecule is CN(C(=N)N(C)c1ccc2c3c(cccc13)C=C2)c1ccc(C2CCCCC2)cc1. The first-order chi connectivity index (χ1) is 14.6. The quantitative estimate of drug-likeness (QED) is 0.303. The van der Waals surface area contributed by atoms with E-state index in [1.54, 1.807) is 0 Å². The van der Waals surface area contributed by atoms with Crippen LogP contribution in [-0.4, -0.2) is 20.1 Å². The molecule has 0 saturated heterocycles. The molecule has 0 atom stereocenters. The lowest BCUT2D eigenvalue weighted by atomic mass is 9.84. The molecule has 3 nitrogen and oxygen atoms in total. The molecule has 1 saturated carbocycles. The van der Waals surface area contributed by atoms with Crippen LogP contribution in [0.15, 0.2) is 54.6 Å². The normalized spacial score (nSPS) is 15.5. The third-order valence-electron chi connectivity index (χ3n) is 6.88. The van der Waals surface area contributed by atoms with Gasteiger partial charge in [-0.1, -0.05) is 67.8 Å². The van der Waals surface area contributed by atoms with Gasteiger partial charge in [-0.3, -0.25) is 5.41 Å². The molecule has 1 N–H and O–H groups in total. The maximum Gasteiger partial charge on any atom is 0.202 e. The third-order valence-corrected chi connectivity index (χ3v) is 6.88. The van der Waals surface area contributed by atoms with Gasteiger partial charge in [-0.25, -0.2) is 0 Å². The monoisotopic (exact) mass is 395 g/mol. The summed E-state index contributed by atoms with van der Waals surface area (Å²) in [6, 6.07) is 19.6. The van der Waals surface area contributed by atoms with Crippen LogP contribution in [0.2, 0.25) is 0 Å². The van der Waals surface area contributed by atoms with Crippen molar-refractivity contribution in [2.45, 2.75) is 38.0 Å². The van der Waals surface area contributed by atoms with Gasteiger partial charge in [-0.15, -0.1) is 0 Å². The molecule has 3 heteroatoms. The van der Waals surface area contributed by atoms with E-state index in [1.807, 2.05) is 23.9 Å². The second kappa shape index (κ2) is 7.64. The first-order valence-corrected chi connectivity index (χ1v) is 11.0. The summed E-state index contributed by atoms with van der Waals surface area (Å²) in [6.07, 6.45) is 11.1. The highest BCUT2D eigenvalue weighted by atomic mass is 15.3. The van der Waals surface area contributed by atoms with Crippen LogP contribution < -0.4 is 9.80 Å². The Labute approximate surface area is 179 Å². The maximum absolute atomic E-state index is 8.86. The van der Waals surface area contributed by atoms with Gasteiger partial charge in [0.1, 0.15) is 0 Å². The van der Waals surface area contributed by atoms with E-state index in [0.29, 0.717) is 11.9 Å². The van der Waals surface area contributed by atoms with Gasteiger partial charge in [0.25, 0.3) is 0 Å². The van der Waals surface area contributed by atoms with Crippen molar-refractivity contribution in [3.63, 3.8) is 0 Å². The zero-order chi connectivity index (χ0) is 20.7. The van der Waals surface area contributed by atoms with E-state index in [4.69, 9.17) is 5.41 Å². The molecule has 0 unspecified atom stereocenters. The average molecular weight is 396 g/mol. The van der Waals surface area contributed by atoms with E-state index < -0.39 is 0 Å². The van der Waals surface area contributed by atoms with Crippen molar-refractivity contribution < 1.29 is 0 Å². The lowest BCUT2D eigenvalue weighted by Gasteiger charge is -2.29. The van der Waals surface area contributed by atoms with Crippen LogP contribution in [0.3, 0.4) is 0 Å². The van der Waals surface area contributed by atoms with E-state index in [-0.39, 0.29) is 0 Å². The van der Waals surface area contributed by atoms with Gasteiger partial charge >= 0.3 is 0 Å². The molecule has 3 aromatic rings. The van der Waals surface area contributed by atoms with Gasteiger partial charge < -0.3 is 9.80 Å².